The summed E-state index contributed by atoms with van der Waals surface area (Å²) in [5.74, 6) is 2.85. The fraction of sp³-hybridized carbons (Fsp3) is 0.304. The number of nitrogens with zero attached hydrogens (tertiary/aromatic N) is 5. The lowest BCUT2D eigenvalue weighted by atomic mass is 10.1. The summed E-state index contributed by atoms with van der Waals surface area (Å²) < 4.78 is 18.1. The van der Waals surface area contributed by atoms with Gasteiger partial charge in [-0.15, -0.1) is 0 Å². The predicted molar refractivity (Wildman–Crippen MR) is 122 cm³/mol. The second-order valence-electron chi connectivity index (χ2n) is 8.03. The Bertz CT molecular complexity index is 1170. The number of rotatable bonds is 5. The molecule has 8 nitrogen and oxygen atoms in total. The number of benzene rings is 1. The van der Waals surface area contributed by atoms with Crippen molar-refractivity contribution in [3.8, 4) is 17.1 Å². The molecule has 2 aliphatic heterocycles. The van der Waals surface area contributed by atoms with Crippen molar-refractivity contribution in [2.45, 2.75) is 17.9 Å². The molecule has 32 heavy (non-hydrogen) atoms. The highest BCUT2D eigenvalue weighted by Crippen LogP contribution is 2.41. The standard InChI is InChI=1S/C23H23N5O3S/c1-27(2)21(29)12-31-17-4-3-15-7-10-28(20(15)11-17)23-18-13-32(30)14-19(18)25-22(26-23)16-5-8-24-9-6-16/h3-6,8-9,11H,7,10,12-14H2,1-2H3. The van der Waals surface area contributed by atoms with Gasteiger partial charge in [0.1, 0.15) is 28.8 Å². The SMILES string of the molecule is CN(C)C(=O)COc1ccc2c(c1)N(c1nc(-c3ccncc3)nc3c1C[S+]([O-])C3)CC2. The van der Waals surface area contributed by atoms with Gasteiger partial charge >= 0.3 is 0 Å². The molecule has 164 valence electrons. The van der Waals surface area contributed by atoms with Crippen molar-refractivity contribution in [2.75, 3.05) is 32.1 Å². The Morgan fingerprint density at radius 1 is 1.19 bits per heavy atom. The molecule has 0 fully saturated rings. The predicted octanol–water partition coefficient (Wildman–Crippen LogP) is 2.46. The summed E-state index contributed by atoms with van der Waals surface area (Å²) >= 11 is -0.978. The third-order valence-corrected chi connectivity index (χ3v) is 6.89. The summed E-state index contributed by atoms with van der Waals surface area (Å²) in [7, 11) is 3.41. The van der Waals surface area contributed by atoms with Crippen LogP contribution in [0.3, 0.4) is 0 Å². The van der Waals surface area contributed by atoms with Crippen molar-refractivity contribution < 1.29 is 14.1 Å². The third kappa shape index (κ3) is 3.89. The number of ether oxygens (including phenoxy) is 1. The lowest BCUT2D eigenvalue weighted by Crippen LogP contribution is -2.27. The second-order valence-corrected chi connectivity index (χ2v) is 9.49. The number of hydrogen-bond acceptors (Lipinski definition) is 7. The fourth-order valence-electron chi connectivity index (χ4n) is 3.95. The smallest absolute Gasteiger partial charge is 0.259 e. The topological polar surface area (TPSA) is 94.5 Å². The quantitative estimate of drug-likeness (QED) is 0.552. The molecule has 0 aliphatic carbocycles. The highest BCUT2D eigenvalue weighted by molar-refractivity contribution is 7.90. The summed E-state index contributed by atoms with van der Waals surface area (Å²) in [5.41, 5.74) is 4.86. The molecular formula is C23H23N5O3S. The molecule has 0 bridgehead atoms. The van der Waals surface area contributed by atoms with E-state index in [4.69, 9.17) is 14.7 Å². The minimum atomic E-state index is -0.978. The number of likely N-dealkylation sites (N-methyl/N-ethyl adjacent to an activating group) is 1. The Morgan fingerprint density at radius 3 is 2.78 bits per heavy atom. The maximum Gasteiger partial charge on any atom is 0.259 e. The van der Waals surface area contributed by atoms with Crippen LogP contribution in [0.15, 0.2) is 42.7 Å². The number of fused-ring (bicyclic) bond motifs is 2. The van der Waals surface area contributed by atoms with Gasteiger partial charge < -0.3 is 19.1 Å². The van der Waals surface area contributed by atoms with E-state index < -0.39 is 11.2 Å². The first kappa shape index (κ1) is 20.7. The van der Waals surface area contributed by atoms with Crippen molar-refractivity contribution in [3.63, 3.8) is 0 Å². The Morgan fingerprint density at radius 2 is 2.00 bits per heavy atom. The van der Waals surface area contributed by atoms with Crippen LogP contribution in [-0.4, -0.2) is 57.6 Å². The number of aromatic nitrogens is 3. The minimum absolute atomic E-state index is 0.0140. The number of pyridine rings is 1. The van der Waals surface area contributed by atoms with Crippen LogP contribution in [0.4, 0.5) is 11.5 Å². The van der Waals surface area contributed by atoms with Gasteiger partial charge in [0.15, 0.2) is 12.4 Å². The zero-order chi connectivity index (χ0) is 22.2. The fourth-order valence-corrected chi connectivity index (χ4v) is 5.21. The van der Waals surface area contributed by atoms with Gasteiger partial charge in [-0.05, 0) is 41.4 Å². The lowest BCUT2D eigenvalue weighted by Gasteiger charge is -2.22. The average molecular weight is 450 g/mol. The molecule has 0 saturated heterocycles. The molecule has 0 spiro atoms. The second kappa shape index (κ2) is 8.40. The largest absolute Gasteiger partial charge is 0.616 e. The van der Waals surface area contributed by atoms with Gasteiger partial charge in [-0.25, -0.2) is 9.97 Å². The monoisotopic (exact) mass is 449 g/mol. The van der Waals surface area contributed by atoms with E-state index in [1.807, 2.05) is 30.3 Å². The van der Waals surface area contributed by atoms with Crippen molar-refractivity contribution in [1.29, 1.82) is 0 Å². The summed E-state index contributed by atoms with van der Waals surface area (Å²) in [6, 6.07) is 9.64. The Labute approximate surface area is 189 Å². The van der Waals surface area contributed by atoms with Gasteiger partial charge in [0.2, 0.25) is 0 Å². The van der Waals surface area contributed by atoms with Crippen LogP contribution in [0.5, 0.6) is 5.75 Å². The molecular weight excluding hydrogens is 426 g/mol. The molecule has 1 unspecified atom stereocenters. The van der Waals surface area contributed by atoms with Crippen molar-refractivity contribution >= 4 is 28.6 Å². The van der Waals surface area contributed by atoms with E-state index in [-0.39, 0.29) is 12.5 Å². The maximum absolute atomic E-state index is 12.4. The Balaban J connectivity index is 1.52. The average Bonchev–Trinajstić information content (AvgIpc) is 3.39. The first-order valence-electron chi connectivity index (χ1n) is 10.4. The number of hydrogen-bond donors (Lipinski definition) is 0. The summed E-state index contributed by atoms with van der Waals surface area (Å²) in [6.07, 6.45) is 4.31. The summed E-state index contributed by atoms with van der Waals surface area (Å²) in [4.78, 5) is 29.3. The zero-order valence-corrected chi connectivity index (χ0v) is 18.8. The molecule has 4 heterocycles. The third-order valence-electron chi connectivity index (χ3n) is 5.68. The van der Waals surface area contributed by atoms with Crippen LogP contribution in [0.2, 0.25) is 0 Å². The molecule has 3 aromatic rings. The molecule has 0 N–H and O–H groups in total. The zero-order valence-electron chi connectivity index (χ0n) is 17.9. The number of amides is 1. The van der Waals surface area contributed by atoms with E-state index in [0.717, 1.165) is 41.3 Å². The van der Waals surface area contributed by atoms with E-state index >= 15 is 0 Å². The van der Waals surface area contributed by atoms with Crippen molar-refractivity contribution in [3.05, 3.63) is 59.5 Å². The molecule has 1 atom stereocenters. The molecule has 0 saturated carbocycles. The normalized spacial score (nSPS) is 16.6. The van der Waals surface area contributed by atoms with Crippen LogP contribution in [-0.2, 0) is 33.9 Å². The van der Waals surface area contributed by atoms with Gasteiger partial charge in [0.05, 0.1) is 5.56 Å². The molecule has 1 aromatic carbocycles. The highest BCUT2D eigenvalue weighted by atomic mass is 32.2. The number of carbonyl (C=O) groups is 1. The van der Waals surface area contributed by atoms with E-state index in [0.29, 0.717) is 23.1 Å². The summed E-state index contributed by atoms with van der Waals surface area (Å²) in [5, 5.41) is 0. The van der Waals surface area contributed by atoms with Gasteiger partial charge in [0.25, 0.3) is 5.91 Å². The van der Waals surface area contributed by atoms with Gasteiger partial charge in [-0.2, -0.15) is 0 Å². The van der Waals surface area contributed by atoms with Crippen molar-refractivity contribution in [1.82, 2.24) is 19.9 Å². The van der Waals surface area contributed by atoms with Gasteiger partial charge in [-0.3, -0.25) is 9.78 Å². The van der Waals surface area contributed by atoms with Crippen LogP contribution in [0, 0.1) is 0 Å². The molecule has 2 aliphatic rings. The van der Waals surface area contributed by atoms with E-state index in [9.17, 15) is 9.35 Å². The first-order valence-corrected chi connectivity index (χ1v) is 11.9. The number of anilines is 2. The van der Waals surface area contributed by atoms with E-state index in [2.05, 4.69) is 9.88 Å². The summed E-state index contributed by atoms with van der Waals surface area (Å²) in [6.45, 7) is 0.751. The van der Waals surface area contributed by atoms with Crippen LogP contribution < -0.4 is 9.64 Å². The Hall–Kier alpha value is -3.17. The molecule has 2 aromatic heterocycles. The Kier molecular flexibility index (Phi) is 5.44. The molecule has 5 rings (SSSR count). The van der Waals surface area contributed by atoms with Crippen LogP contribution in [0.1, 0.15) is 16.8 Å². The minimum Gasteiger partial charge on any atom is -0.616 e. The lowest BCUT2D eigenvalue weighted by molar-refractivity contribution is -0.130. The van der Waals surface area contributed by atoms with Crippen LogP contribution >= 0.6 is 0 Å². The van der Waals surface area contributed by atoms with E-state index in [1.54, 1.807) is 26.5 Å². The highest BCUT2D eigenvalue weighted by Gasteiger charge is 2.33. The molecule has 1 amide bonds. The van der Waals surface area contributed by atoms with Crippen LogP contribution in [0.25, 0.3) is 11.4 Å². The molecule has 9 heteroatoms. The van der Waals surface area contributed by atoms with Gasteiger partial charge in [0, 0.05) is 50.4 Å². The van der Waals surface area contributed by atoms with Crippen molar-refractivity contribution in [2.24, 2.45) is 0 Å². The van der Waals surface area contributed by atoms with E-state index in [1.165, 1.54) is 10.5 Å². The first-order chi connectivity index (χ1) is 15.5. The van der Waals surface area contributed by atoms with Gasteiger partial charge in [-0.1, -0.05) is 6.07 Å². The molecule has 0 radical (unpaired) electrons. The number of carbonyl (C=O) groups excluding carboxylic acids is 1. The maximum atomic E-state index is 12.4.